The molecule has 88 valence electrons. The lowest BCUT2D eigenvalue weighted by atomic mass is 9.92. The summed E-state index contributed by atoms with van der Waals surface area (Å²) < 4.78 is 13.0. The van der Waals surface area contributed by atoms with E-state index in [9.17, 15) is 4.39 Å². The van der Waals surface area contributed by atoms with E-state index >= 15 is 0 Å². The summed E-state index contributed by atoms with van der Waals surface area (Å²) in [6, 6.07) is 4.53. The highest BCUT2D eigenvalue weighted by Gasteiger charge is 2.26. The Bertz CT molecular complexity index is 364. The van der Waals surface area contributed by atoms with Crippen LogP contribution in [0.2, 0.25) is 5.02 Å². The van der Waals surface area contributed by atoms with Gasteiger partial charge in [-0.3, -0.25) is 11.3 Å². The smallest absolute Gasteiger partial charge is 0.124 e. The summed E-state index contributed by atoms with van der Waals surface area (Å²) in [5, 5.41) is 0.454. The van der Waals surface area contributed by atoms with Crippen LogP contribution < -0.4 is 11.3 Å². The van der Waals surface area contributed by atoms with Gasteiger partial charge in [-0.05, 0) is 36.5 Å². The van der Waals surface area contributed by atoms with E-state index in [0.717, 1.165) is 18.4 Å². The summed E-state index contributed by atoms with van der Waals surface area (Å²) in [6.45, 7) is 0. The van der Waals surface area contributed by atoms with Gasteiger partial charge in [0.15, 0.2) is 0 Å². The molecule has 0 saturated heterocycles. The molecule has 1 saturated carbocycles. The molecule has 0 spiro atoms. The second kappa shape index (κ2) is 5.13. The van der Waals surface area contributed by atoms with Crippen molar-refractivity contribution in [1.82, 2.24) is 5.43 Å². The van der Waals surface area contributed by atoms with Crippen LogP contribution in [-0.2, 0) is 0 Å². The van der Waals surface area contributed by atoms with Gasteiger partial charge in [0.25, 0.3) is 0 Å². The molecule has 1 aliphatic rings. The summed E-state index contributed by atoms with van der Waals surface area (Å²) in [4.78, 5) is 0. The van der Waals surface area contributed by atoms with Crippen molar-refractivity contribution < 1.29 is 4.39 Å². The molecule has 0 aliphatic heterocycles. The largest absolute Gasteiger partial charge is 0.271 e. The molecule has 0 bridgehead atoms. The second-order valence-electron chi connectivity index (χ2n) is 4.35. The third-order valence-electron chi connectivity index (χ3n) is 3.35. The highest BCUT2D eigenvalue weighted by molar-refractivity contribution is 6.31. The Morgan fingerprint density at radius 1 is 1.38 bits per heavy atom. The van der Waals surface area contributed by atoms with Crippen LogP contribution in [0.4, 0.5) is 4.39 Å². The van der Waals surface area contributed by atoms with Gasteiger partial charge in [-0.25, -0.2) is 4.39 Å². The monoisotopic (exact) mass is 242 g/mol. The first-order valence-corrected chi connectivity index (χ1v) is 6.01. The molecule has 2 nitrogen and oxygen atoms in total. The molecule has 0 heterocycles. The zero-order chi connectivity index (χ0) is 11.5. The van der Waals surface area contributed by atoms with Gasteiger partial charge >= 0.3 is 0 Å². The number of hydrogen-bond donors (Lipinski definition) is 2. The van der Waals surface area contributed by atoms with Crippen molar-refractivity contribution >= 4 is 11.6 Å². The van der Waals surface area contributed by atoms with Crippen molar-refractivity contribution in [3.8, 4) is 0 Å². The van der Waals surface area contributed by atoms with Gasteiger partial charge in [0.1, 0.15) is 5.82 Å². The fourth-order valence-electron chi connectivity index (χ4n) is 2.52. The van der Waals surface area contributed by atoms with Gasteiger partial charge in [0.05, 0.1) is 6.04 Å². The van der Waals surface area contributed by atoms with Crippen LogP contribution in [-0.4, -0.2) is 0 Å². The topological polar surface area (TPSA) is 38.0 Å². The zero-order valence-electron chi connectivity index (χ0n) is 9.05. The predicted molar refractivity (Wildman–Crippen MR) is 63.4 cm³/mol. The molecule has 3 N–H and O–H groups in total. The van der Waals surface area contributed by atoms with E-state index in [1.54, 1.807) is 6.07 Å². The first-order chi connectivity index (χ1) is 7.72. The Balaban J connectivity index is 2.25. The van der Waals surface area contributed by atoms with E-state index in [1.165, 1.54) is 25.0 Å². The van der Waals surface area contributed by atoms with E-state index in [-0.39, 0.29) is 11.9 Å². The Hall–Kier alpha value is -0.640. The summed E-state index contributed by atoms with van der Waals surface area (Å²) in [5.41, 5.74) is 3.71. The van der Waals surface area contributed by atoms with E-state index < -0.39 is 0 Å². The second-order valence-corrected chi connectivity index (χ2v) is 4.76. The van der Waals surface area contributed by atoms with Crippen LogP contribution in [0, 0.1) is 11.7 Å². The van der Waals surface area contributed by atoms with Gasteiger partial charge in [-0.2, -0.15) is 0 Å². The van der Waals surface area contributed by atoms with Crippen molar-refractivity contribution in [3.05, 3.63) is 34.6 Å². The number of hydrogen-bond acceptors (Lipinski definition) is 2. The molecule has 1 aliphatic carbocycles. The number of benzene rings is 1. The molecule has 1 atom stereocenters. The summed E-state index contributed by atoms with van der Waals surface area (Å²) in [5.74, 6) is 5.79. The lowest BCUT2D eigenvalue weighted by Crippen LogP contribution is -2.32. The van der Waals surface area contributed by atoms with Crippen molar-refractivity contribution in [3.63, 3.8) is 0 Å². The molecule has 1 fully saturated rings. The minimum absolute atomic E-state index is 0.0376. The average molecular weight is 243 g/mol. The Morgan fingerprint density at radius 2 is 2.06 bits per heavy atom. The lowest BCUT2D eigenvalue weighted by Gasteiger charge is -2.23. The molecule has 16 heavy (non-hydrogen) atoms. The zero-order valence-corrected chi connectivity index (χ0v) is 9.80. The van der Waals surface area contributed by atoms with Crippen LogP contribution in [0.3, 0.4) is 0 Å². The average Bonchev–Trinajstić information content (AvgIpc) is 2.75. The quantitative estimate of drug-likeness (QED) is 0.631. The number of hydrazine groups is 1. The normalized spacial score (nSPS) is 18.9. The highest BCUT2D eigenvalue weighted by Crippen LogP contribution is 2.37. The highest BCUT2D eigenvalue weighted by atomic mass is 35.5. The Morgan fingerprint density at radius 3 is 2.62 bits per heavy atom. The van der Waals surface area contributed by atoms with E-state index in [4.69, 9.17) is 17.4 Å². The van der Waals surface area contributed by atoms with Crippen LogP contribution in [0.15, 0.2) is 18.2 Å². The predicted octanol–water partition coefficient (Wildman–Crippen LogP) is 3.17. The first kappa shape index (κ1) is 11.8. The van der Waals surface area contributed by atoms with Crippen molar-refractivity contribution in [2.75, 3.05) is 0 Å². The third-order valence-corrected chi connectivity index (χ3v) is 3.68. The molecule has 0 aromatic heterocycles. The minimum atomic E-state index is -0.309. The van der Waals surface area contributed by atoms with E-state index in [1.807, 2.05) is 0 Å². The number of rotatable bonds is 3. The number of nitrogens with one attached hydrogen (secondary N) is 1. The SMILES string of the molecule is NNC(c1ccc(F)cc1Cl)C1CCCC1. The fourth-order valence-corrected chi connectivity index (χ4v) is 2.81. The summed E-state index contributed by atoms with van der Waals surface area (Å²) in [7, 11) is 0. The Kier molecular flexibility index (Phi) is 3.79. The van der Waals surface area contributed by atoms with Gasteiger partial charge in [-0.1, -0.05) is 30.5 Å². The maximum Gasteiger partial charge on any atom is 0.124 e. The van der Waals surface area contributed by atoms with Gasteiger partial charge in [-0.15, -0.1) is 0 Å². The Labute approximate surface area is 99.9 Å². The van der Waals surface area contributed by atoms with Crippen molar-refractivity contribution in [1.29, 1.82) is 0 Å². The standard InChI is InChI=1S/C12H16ClFN2/c13-11-7-9(14)5-6-10(11)12(16-15)8-3-1-2-4-8/h5-8,12,16H,1-4,15H2. The first-order valence-electron chi connectivity index (χ1n) is 5.63. The molecule has 2 rings (SSSR count). The van der Waals surface area contributed by atoms with E-state index in [2.05, 4.69) is 5.43 Å². The van der Waals surface area contributed by atoms with E-state index in [0.29, 0.717) is 10.9 Å². The maximum absolute atomic E-state index is 13.0. The van der Waals surface area contributed by atoms with Gasteiger partial charge in [0, 0.05) is 5.02 Å². The molecule has 1 aromatic carbocycles. The van der Waals surface area contributed by atoms with Crippen LogP contribution in [0.1, 0.15) is 37.3 Å². The summed E-state index contributed by atoms with van der Waals surface area (Å²) >= 11 is 6.05. The van der Waals surface area contributed by atoms with Gasteiger partial charge < -0.3 is 0 Å². The third kappa shape index (κ3) is 2.37. The minimum Gasteiger partial charge on any atom is -0.271 e. The maximum atomic E-state index is 13.0. The van der Waals surface area contributed by atoms with Crippen molar-refractivity contribution in [2.24, 2.45) is 11.8 Å². The van der Waals surface area contributed by atoms with Crippen molar-refractivity contribution in [2.45, 2.75) is 31.7 Å². The van der Waals surface area contributed by atoms with Crippen LogP contribution in [0.5, 0.6) is 0 Å². The van der Waals surface area contributed by atoms with Crippen LogP contribution in [0.25, 0.3) is 0 Å². The molecule has 0 radical (unpaired) electrons. The molecular formula is C12H16ClFN2. The fraction of sp³-hybridized carbons (Fsp3) is 0.500. The number of nitrogens with two attached hydrogens (primary N) is 1. The molecule has 1 aromatic rings. The molecule has 1 unspecified atom stereocenters. The molecule has 4 heteroatoms. The van der Waals surface area contributed by atoms with Crippen LogP contribution >= 0.6 is 11.6 Å². The molecule has 0 amide bonds. The number of halogens is 2. The van der Waals surface area contributed by atoms with Gasteiger partial charge in [0.2, 0.25) is 0 Å². The molecular weight excluding hydrogens is 227 g/mol. The summed E-state index contributed by atoms with van der Waals surface area (Å²) in [6.07, 6.45) is 4.79. The lowest BCUT2D eigenvalue weighted by molar-refractivity contribution is 0.373.